The third-order valence-corrected chi connectivity index (χ3v) is 6.52. The highest BCUT2D eigenvalue weighted by Gasteiger charge is 2.57. The third-order valence-electron chi connectivity index (χ3n) is 6.52. The fourth-order valence-electron chi connectivity index (χ4n) is 4.81. The Kier molecular flexibility index (Phi) is 5.43. The van der Waals surface area contributed by atoms with Gasteiger partial charge in [-0.05, 0) is 24.6 Å². The molecule has 0 saturated heterocycles. The summed E-state index contributed by atoms with van der Waals surface area (Å²) in [6.07, 6.45) is -0.125. The van der Waals surface area contributed by atoms with Crippen LogP contribution in [0.2, 0.25) is 0 Å². The van der Waals surface area contributed by atoms with E-state index in [9.17, 15) is 14.4 Å². The van der Waals surface area contributed by atoms with Crippen LogP contribution in [0, 0.1) is 0 Å². The van der Waals surface area contributed by atoms with Crippen LogP contribution in [-0.2, 0) is 15.0 Å². The molecule has 2 N–H and O–H groups in total. The van der Waals surface area contributed by atoms with E-state index in [1.165, 1.54) is 4.90 Å². The van der Waals surface area contributed by atoms with Crippen molar-refractivity contribution >= 4 is 23.6 Å². The lowest BCUT2D eigenvalue weighted by atomic mass is 9.77. The summed E-state index contributed by atoms with van der Waals surface area (Å²) in [6, 6.07) is 10.8. The zero-order valence-corrected chi connectivity index (χ0v) is 18.7. The molecular weight excluding hydrogens is 442 g/mol. The summed E-state index contributed by atoms with van der Waals surface area (Å²) in [4.78, 5) is 40.3. The van der Waals surface area contributed by atoms with Gasteiger partial charge in [0.2, 0.25) is 12.7 Å². The lowest BCUT2D eigenvalue weighted by Crippen LogP contribution is -2.47. The smallest absolute Gasteiger partial charge is 0.317 e. The number of rotatable bonds is 7. The molecular formula is C24H25N3O7. The maximum Gasteiger partial charge on any atom is 0.317 e. The van der Waals surface area contributed by atoms with Gasteiger partial charge in [0, 0.05) is 43.5 Å². The number of nitrogens with one attached hydrogen (secondary N) is 1. The fourth-order valence-corrected chi connectivity index (χ4v) is 4.81. The molecule has 178 valence electrons. The Hall–Kier alpha value is -3.95. The van der Waals surface area contributed by atoms with Gasteiger partial charge in [-0.15, -0.1) is 0 Å². The van der Waals surface area contributed by atoms with Crippen LogP contribution in [0.1, 0.15) is 24.5 Å². The molecule has 0 bridgehead atoms. The van der Waals surface area contributed by atoms with E-state index >= 15 is 0 Å². The van der Waals surface area contributed by atoms with E-state index in [0.717, 1.165) is 16.8 Å². The van der Waals surface area contributed by atoms with Crippen molar-refractivity contribution in [1.82, 2.24) is 10.2 Å². The highest BCUT2D eigenvalue weighted by molar-refractivity contribution is 6.11. The van der Waals surface area contributed by atoms with Crippen molar-refractivity contribution < 1.29 is 33.7 Å². The van der Waals surface area contributed by atoms with Crippen LogP contribution in [0.3, 0.4) is 0 Å². The Labute approximate surface area is 196 Å². The summed E-state index contributed by atoms with van der Waals surface area (Å²) in [5.74, 6) is 0.689. The number of carboxylic acids is 1. The van der Waals surface area contributed by atoms with Crippen LogP contribution in [-0.4, -0.2) is 67.5 Å². The molecule has 0 saturated carbocycles. The second kappa shape index (κ2) is 8.44. The summed E-state index contributed by atoms with van der Waals surface area (Å²) in [7, 11) is 0. The Morgan fingerprint density at radius 3 is 2.65 bits per heavy atom. The van der Waals surface area contributed by atoms with Crippen molar-refractivity contribution in [2.75, 3.05) is 44.5 Å². The minimum absolute atomic E-state index is 0.122. The SMILES string of the molecule is CCN(CCC(=O)O)C(=O)NCCN1C(=O)C2(COc3cc4c(cc32)OCO4)c2ccccc21. The van der Waals surface area contributed by atoms with Gasteiger partial charge in [0.1, 0.15) is 17.8 Å². The van der Waals surface area contributed by atoms with Crippen molar-refractivity contribution in [3.63, 3.8) is 0 Å². The Morgan fingerprint density at radius 2 is 1.88 bits per heavy atom. The number of nitrogens with zero attached hydrogens (tertiary/aromatic N) is 2. The number of amides is 3. The maximum absolute atomic E-state index is 13.9. The number of anilines is 1. The van der Waals surface area contributed by atoms with Gasteiger partial charge >= 0.3 is 12.0 Å². The molecule has 0 fully saturated rings. The predicted molar refractivity (Wildman–Crippen MR) is 121 cm³/mol. The molecule has 1 atom stereocenters. The van der Waals surface area contributed by atoms with Gasteiger partial charge < -0.3 is 34.4 Å². The van der Waals surface area contributed by atoms with E-state index in [4.69, 9.17) is 19.3 Å². The molecule has 0 aromatic heterocycles. The van der Waals surface area contributed by atoms with E-state index < -0.39 is 11.4 Å². The normalized spacial score (nSPS) is 19.1. The zero-order valence-electron chi connectivity index (χ0n) is 18.7. The molecule has 1 unspecified atom stereocenters. The molecule has 2 aromatic carbocycles. The van der Waals surface area contributed by atoms with Gasteiger partial charge in [-0.2, -0.15) is 0 Å². The summed E-state index contributed by atoms with van der Waals surface area (Å²) >= 11 is 0. The number of ether oxygens (including phenoxy) is 3. The van der Waals surface area contributed by atoms with Gasteiger partial charge in [-0.25, -0.2) is 4.79 Å². The van der Waals surface area contributed by atoms with Crippen molar-refractivity contribution in [3.8, 4) is 17.2 Å². The molecule has 3 aliphatic rings. The number of hydrogen-bond donors (Lipinski definition) is 2. The largest absolute Gasteiger partial charge is 0.491 e. The number of para-hydroxylation sites is 1. The van der Waals surface area contributed by atoms with E-state index in [1.54, 1.807) is 17.9 Å². The molecule has 0 radical (unpaired) electrons. The van der Waals surface area contributed by atoms with E-state index in [2.05, 4.69) is 5.32 Å². The molecule has 3 amide bonds. The van der Waals surface area contributed by atoms with Crippen molar-refractivity contribution in [2.45, 2.75) is 18.8 Å². The maximum atomic E-state index is 13.9. The van der Waals surface area contributed by atoms with Crippen LogP contribution in [0.4, 0.5) is 10.5 Å². The second-order valence-electron chi connectivity index (χ2n) is 8.32. The van der Waals surface area contributed by atoms with Crippen LogP contribution >= 0.6 is 0 Å². The standard InChI is InChI=1S/C24H25N3O7/c1-2-26(9-7-21(28)29)23(31)25-8-10-27-17-6-4-3-5-15(17)24(22(27)30)13-32-18-12-20-19(11-16(18)24)33-14-34-20/h3-6,11-12H,2,7-10,13-14H2,1H3,(H,25,31)(H,28,29). The van der Waals surface area contributed by atoms with Gasteiger partial charge in [-0.1, -0.05) is 18.2 Å². The molecule has 3 aliphatic heterocycles. The first kappa shape index (κ1) is 21.9. The molecule has 5 rings (SSSR count). The second-order valence-corrected chi connectivity index (χ2v) is 8.32. The highest BCUT2D eigenvalue weighted by atomic mass is 16.7. The number of fused-ring (bicyclic) bond motifs is 5. The molecule has 2 aromatic rings. The van der Waals surface area contributed by atoms with Crippen molar-refractivity contribution in [3.05, 3.63) is 47.5 Å². The first-order valence-electron chi connectivity index (χ1n) is 11.2. The highest BCUT2D eigenvalue weighted by Crippen LogP contribution is 2.54. The number of benzene rings is 2. The zero-order chi connectivity index (χ0) is 23.9. The topological polar surface area (TPSA) is 118 Å². The Bertz CT molecular complexity index is 1170. The van der Waals surface area contributed by atoms with E-state index in [0.29, 0.717) is 23.8 Å². The number of carbonyl (C=O) groups is 3. The van der Waals surface area contributed by atoms with Crippen LogP contribution in [0.25, 0.3) is 0 Å². The first-order valence-corrected chi connectivity index (χ1v) is 11.2. The average molecular weight is 467 g/mol. The van der Waals surface area contributed by atoms with Gasteiger partial charge in [0.05, 0.1) is 6.42 Å². The molecule has 3 heterocycles. The van der Waals surface area contributed by atoms with E-state index in [-0.39, 0.29) is 51.4 Å². The molecule has 0 aliphatic carbocycles. The van der Waals surface area contributed by atoms with Crippen LogP contribution in [0.15, 0.2) is 36.4 Å². The van der Waals surface area contributed by atoms with Crippen molar-refractivity contribution in [1.29, 1.82) is 0 Å². The number of carbonyl (C=O) groups excluding carboxylic acids is 2. The lowest BCUT2D eigenvalue weighted by Gasteiger charge is -2.24. The Balaban J connectivity index is 1.36. The molecule has 34 heavy (non-hydrogen) atoms. The molecule has 1 spiro atoms. The number of aliphatic carboxylic acids is 1. The average Bonchev–Trinajstić information content (AvgIpc) is 3.50. The van der Waals surface area contributed by atoms with Crippen LogP contribution < -0.4 is 24.4 Å². The van der Waals surface area contributed by atoms with Crippen molar-refractivity contribution in [2.24, 2.45) is 0 Å². The van der Waals surface area contributed by atoms with E-state index in [1.807, 2.05) is 30.3 Å². The quantitative estimate of drug-likeness (QED) is 0.639. The summed E-state index contributed by atoms with van der Waals surface area (Å²) in [6.45, 7) is 3.07. The summed E-state index contributed by atoms with van der Waals surface area (Å²) in [5, 5.41) is 11.7. The number of hydrogen-bond acceptors (Lipinski definition) is 6. The molecule has 10 nitrogen and oxygen atoms in total. The minimum Gasteiger partial charge on any atom is -0.491 e. The van der Waals surface area contributed by atoms with Gasteiger partial charge in [0.15, 0.2) is 11.5 Å². The molecule has 10 heteroatoms. The third kappa shape index (κ3) is 3.37. The number of carboxylic acid groups (broad SMARTS) is 1. The minimum atomic E-state index is -0.992. The predicted octanol–water partition coefficient (Wildman–Crippen LogP) is 1.95. The van der Waals surface area contributed by atoms with Gasteiger partial charge in [0.25, 0.3) is 0 Å². The Morgan fingerprint density at radius 1 is 1.12 bits per heavy atom. The fraction of sp³-hybridized carbons (Fsp3) is 0.375. The summed E-state index contributed by atoms with van der Waals surface area (Å²) in [5.41, 5.74) is 1.37. The van der Waals surface area contributed by atoms with Crippen LogP contribution in [0.5, 0.6) is 17.2 Å². The lowest BCUT2D eigenvalue weighted by molar-refractivity contribution is -0.137. The van der Waals surface area contributed by atoms with Gasteiger partial charge in [-0.3, -0.25) is 9.59 Å². The summed E-state index contributed by atoms with van der Waals surface area (Å²) < 4.78 is 17.0. The monoisotopic (exact) mass is 467 g/mol. The first-order chi connectivity index (χ1) is 16.5. The number of urea groups is 1.